The summed E-state index contributed by atoms with van der Waals surface area (Å²) in [7, 11) is 3.62. The molecule has 0 fully saturated rings. The van der Waals surface area contributed by atoms with Crippen molar-refractivity contribution in [1.29, 1.82) is 0 Å². The summed E-state index contributed by atoms with van der Waals surface area (Å²) >= 11 is 0. The summed E-state index contributed by atoms with van der Waals surface area (Å²) in [6.07, 6.45) is 1.65. The summed E-state index contributed by atoms with van der Waals surface area (Å²) in [5.41, 5.74) is 1.21. The minimum absolute atomic E-state index is 0.478. The molecule has 0 saturated heterocycles. The first kappa shape index (κ1) is 18.4. The fourth-order valence-electron chi connectivity index (χ4n) is 2.50. The number of methoxy groups -OCH3 is 1. The van der Waals surface area contributed by atoms with E-state index < -0.39 is 0 Å². The Kier molecular flexibility index (Phi) is 6.40. The van der Waals surface area contributed by atoms with Crippen molar-refractivity contribution in [3.05, 3.63) is 66.4 Å². The third-order valence-corrected chi connectivity index (χ3v) is 3.91. The molecule has 0 spiro atoms. The Balaban J connectivity index is 1.48. The van der Waals surface area contributed by atoms with Gasteiger partial charge in [-0.25, -0.2) is 0 Å². The summed E-state index contributed by atoms with van der Waals surface area (Å²) in [6.45, 7) is 1.80. The number of anilines is 2. The average molecular weight is 365 g/mol. The van der Waals surface area contributed by atoms with Crippen LogP contribution in [-0.2, 0) is 6.54 Å². The molecule has 27 heavy (non-hydrogen) atoms. The van der Waals surface area contributed by atoms with Crippen LogP contribution in [0.3, 0.4) is 0 Å². The topological polar surface area (TPSA) is 72.4 Å². The van der Waals surface area contributed by atoms with Crippen LogP contribution in [0.2, 0.25) is 0 Å². The third kappa shape index (κ3) is 5.57. The molecule has 1 N–H and O–H groups in total. The highest BCUT2D eigenvalue weighted by atomic mass is 16.5. The summed E-state index contributed by atoms with van der Waals surface area (Å²) in [4.78, 5) is 6.54. The van der Waals surface area contributed by atoms with E-state index in [-0.39, 0.29) is 0 Å². The van der Waals surface area contributed by atoms with Crippen molar-refractivity contribution in [2.75, 3.05) is 37.5 Å². The number of benzene rings is 2. The lowest BCUT2D eigenvalue weighted by atomic mass is 10.2. The van der Waals surface area contributed by atoms with Crippen LogP contribution in [0.15, 0.2) is 60.8 Å². The molecule has 7 heteroatoms. The smallest absolute Gasteiger partial charge is 0.244 e. The van der Waals surface area contributed by atoms with E-state index in [0.29, 0.717) is 19.1 Å². The molecule has 0 atom stereocenters. The molecule has 0 saturated carbocycles. The van der Waals surface area contributed by atoms with Crippen molar-refractivity contribution < 1.29 is 9.47 Å². The van der Waals surface area contributed by atoms with Crippen molar-refractivity contribution >= 4 is 11.8 Å². The molecule has 0 radical (unpaired) electrons. The number of nitrogens with zero attached hydrogens (tertiary/aromatic N) is 4. The molecule has 0 aliphatic heterocycles. The van der Waals surface area contributed by atoms with E-state index in [0.717, 1.165) is 23.9 Å². The van der Waals surface area contributed by atoms with Gasteiger partial charge in [0, 0.05) is 13.6 Å². The molecule has 3 rings (SSSR count). The van der Waals surface area contributed by atoms with E-state index in [2.05, 4.69) is 32.6 Å². The van der Waals surface area contributed by atoms with E-state index in [4.69, 9.17) is 9.47 Å². The van der Waals surface area contributed by atoms with Crippen LogP contribution in [-0.4, -0.2) is 42.5 Å². The van der Waals surface area contributed by atoms with Crippen LogP contribution in [0.5, 0.6) is 11.5 Å². The molecule has 140 valence electrons. The Morgan fingerprint density at radius 2 is 1.74 bits per heavy atom. The Hall–Kier alpha value is -3.35. The third-order valence-electron chi connectivity index (χ3n) is 3.91. The lowest BCUT2D eigenvalue weighted by Crippen LogP contribution is -2.20. The predicted octanol–water partition coefficient (Wildman–Crippen LogP) is 3.01. The van der Waals surface area contributed by atoms with Gasteiger partial charge in [0.05, 0.1) is 19.9 Å². The van der Waals surface area contributed by atoms with Crippen LogP contribution < -0.4 is 19.7 Å². The molecule has 0 bridgehead atoms. The predicted molar refractivity (Wildman–Crippen MR) is 105 cm³/mol. The first-order chi connectivity index (χ1) is 13.2. The zero-order valence-electron chi connectivity index (χ0n) is 15.5. The molecule has 1 heterocycles. The SMILES string of the molecule is COc1ccc(OCCNc2nncc(N(C)Cc3ccccc3)n2)cc1. The second-order valence-corrected chi connectivity index (χ2v) is 5.93. The highest BCUT2D eigenvalue weighted by Crippen LogP contribution is 2.17. The van der Waals surface area contributed by atoms with E-state index in [1.165, 1.54) is 5.56 Å². The average Bonchev–Trinajstić information content (AvgIpc) is 2.72. The van der Waals surface area contributed by atoms with Gasteiger partial charge in [-0.1, -0.05) is 30.3 Å². The molecule has 3 aromatic rings. The maximum Gasteiger partial charge on any atom is 0.244 e. The second kappa shape index (κ2) is 9.38. The quantitative estimate of drug-likeness (QED) is 0.584. The minimum Gasteiger partial charge on any atom is -0.497 e. The molecule has 0 unspecified atom stereocenters. The zero-order chi connectivity index (χ0) is 18.9. The van der Waals surface area contributed by atoms with Crippen molar-refractivity contribution in [3.8, 4) is 11.5 Å². The highest BCUT2D eigenvalue weighted by molar-refractivity contribution is 5.40. The van der Waals surface area contributed by atoms with Gasteiger partial charge in [-0.2, -0.15) is 10.1 Å². The number of nitrogens with one attached hydrogen (secondary N) is 1. The van der Waals surface area contributed by atoms with E-state index in [9.17, 15) is 0 Å². The van der Waals surface area contributed by atoms with Crippen molar-refractivity contribution in [3.63, 3.8) is 0 Å². The molecular formula is C20H23N5O2. The highest BCUT2D eigenvalue weighted by Gasteiger charge is 2.06. The monoisotopic (exact) mass is 365 g/mol. The van der Waals surface area contributed by atoms with Crippen LogP contribution in [0.4, 0.5) is 11.8 Å². The van der Waals surface area contributed by atoms with Gasteiger partial charge in [0.25, 0.3) is 0 Å². The van der Waals surface area contributed by atoms with Gasteiger partial charge in [-0.15, -0.1) is 5.10 Å². The largest absolute Gasteiger partial charge is 0.497 e. The normalized spacial score (nSPS) is 10.3. The lowest BCUT2D eigenvalue weighted by Gasteiger charge is -2.18. The minimum atomic E-state index is 0.478. The van der Waals surface area contributed by atoms with Crippen LogP contribution in [0.25, 0.3) is 0 Å². The first-order valence-corrected chi connectivity index (χ1v) is 8.70. The number of ether oxygens (including phenoxy) is 2. The number of hydrogen-bond acceptors (Lipinski definition) is 7. The molecule has 2 aromatic carbocycles. The number of rotatable bonds is 9. The summed E-state index contributed by atoms with van der Waals surface area (Å²) < 4.78 is 10.8. The van der Waals surface area contributed by atoms with Crippen molar-refractivity contribution in [2.45, 2.75) is 6.54 Å². The van der Waals surface area contributed by atoms with Gasteiger partial charge in [0.2, 0.25) is 5.95 Å². The Labute approximate surface area is 159 Å². The summed E-state index contributed by atoms with van der Waals surface area (Å²) in [6, 6.07) is 17.7. The molecule has 0 aliphatic carbocycles. The Bertz CT molecular complexity index is 827. The fraction of sp³-hybridized carbons (Fsp3) is 0.250. The van der Waals surface area contributed by atoms with Crippen LogP contribution >= 0.6 is 0 Å². The van der Waals surface area contributed by atoms with Gasteiger partial charge in [-0.3, -0.25) is 0 Å². The van der Waals surface area contributed by atoms with Crippen LogP contribution in [0, 0.1) is 0 Å². The molecule has 0 amide bonds. The Morgan fingerprint density at radius 3 is 2.48 bits per heavy atom. The van der Waals surface area contributed by atoms with Gasteiger partial charge in [0.1, 0.15) is 18.1 Å². The van der Waals surface area contributed by atoms with E-state index in [1.54, 1.807) is 13.3 Å². The summed E-state index contributed by atoms with van der Waals surface area (Å²) in [5.74, 6) is 2.82. The molecule has 7 nitrogen and oxygen atoms in total. The molecule has 0 aliphatic rings. The van der Waals surface area contributed by atoms with Gasteiger partial charge in [-0.05, 0) is 29.8 Å². The number of hydrogen-bond donors (Lipinski definition) is 1. The molecule has 1 aromatic heterocycles. The molecular weight excluding hydrogens is 342 g/mol. The van der Waals surface area contributed by atoms with E-state index >= 15 is 0 Å². The van der Waals surface area contributed by atoms with Gasteiger partial charge in [0.15, 0.2) is 5.82 Å². The van der Waals surface area contributed by atoms with Crippen LogP contribution in [0.1, 0.15) is 5.56 Å². The summed E-state index contributed by atoms with van der Waals surface area (Å²) in [5, 5.41) is 11.2. The van der Waals surface area contributed by atoms with Gasteiger partial charge >= 0.3 is 0 Å². The van der Waals surface area contributed by atoms with Crippen molar-refractivity contribution in [2.24, 2.45) is 0 Å². The lowest BCUT2D eigenvalue weighted by molar-refractivity contribution is 0.331. The fourth-order valence-corrected chi connectivity index (χ4v) is 2.50. The maximum absolute atomic E-state index is 5.68. The standard InChI is InChI=1S/C20H23N5O2/c1-25(15-16-6-4-3-5-7-16)19-14-22-24-20(23-19)21-12-13-27-18-10-8-17(26-2)9-11-18/h3-11,14H,12-13,15H2,1-2H3,(H,21,23,24). The first-order valence-electron chi connectivity index (χ1n) is 8.70. The van der Waals surface area contributed by atoms with Crippen molar-refractivity contribution in [1.82, 2.24) is 15.2 Å². The van der Waals surface area contributed by atoms with Gasteiger partial charge < -0.3 is 19.7 Å². The second-order valence-electron chi connectivity index (χ2n) is 5.93. The zero-order valence-corrected chi connectivity index (χ0v) is 15.5. The number of aromatic nitrogens is 3. The van der Waals surface area contributed by atoms with E-state index in [1.807, 2.05) is 54.4 Å². The Morgan fingerprint density at radius 1 is 1.00 bits per heavy atom. The maximum atomic E-state index is 5.68.